The van der Waals surface area contributed by atoms with Crippen LogP contribution in [0.4, 0.5) is 0 Å². The third-order valence-corrected chi connectivity index (χ3v) is 6.00. The Hall–Kier alpha value is -0.140. The number of sulfonamides is 1. The average Bonchev–Trinajstić information content (AvgIpc) is 2.76. The molecular formula is C13H20BrClN2O2S. The van der Waals surface area contributed by atoms with E-state index in [0.717, 1.165) is 16.5 Å². The molecule has 1 aliphatic heterocycles. The molecule has 1 aliphatic rings. The van der Waals surface area contributed by atoms with Gasteiger partial charge in [-0.05, 0) is 36.1 Å². The van der Waals surface area contributed by atoms with Gasteiger partial charge in [0, 0.05) is 17.6 Å². The van der Waals surface area contributed by atoms with Crippen LogP contribution in [-0.4, -0.2) is 32.4 Å². The van der Waals surface area contributed by atoms with Crippen molar-refractivity contribution in [3.63, 3.8) is 0 Å². The number of nitrogens with two attached hydrogens (primary N) is 1. The third-order valence-electron chi connectivity index (χ3n) is 3.67. The highest BCUT2D eigenvalue weighted by atomic mass is 79.9. The summed E-state index contributed by atoms with van der Waals surface area (Å²) in [6.45, 7) is 3.67. The van der Waals surface area contributed by atoms with Crippen molar-refractivity contribution in [1.29, 1.82) is 0 Å². The minimum Gasteiger partial charge on any atom is -0.330 e. The average molecular weight is 384 g/mol. The molecule has 0 amide bonds. The van der Waals surface area contributed by atoms with Crippen molar-refractivity contribution in [2.45, 2.75) is 19.1 Å². The second kappa shape index (κ2) is 6.75. The highest BCUT2D eigenvalue weighted by molar-refractivity contribution is 9.10. The standard InChI is InChI=1S/C13H19BrN2O2S.ClH/c1-13(9-15)6-7-16(10-13)19(17,18)8-11-2-4-12(14)5-3-11;/h2-5H,6-10,15H2,1H3;1H. The van der Waals surface area contributed by atoms with Crippen molar-refractivity contribution in [2.24, 2.45) is 11.1 Å². The maximum Gasteiger partial charge on any atom is 0.218 e. The summed E-state index contributed by atoms with van der Waals surface area (Å²) in [7, 11) is -3.24. The van der Waals surface area contributed by atoms with Crippen LogP contribution in [0.25, 0.3) is 0 Å². The quantitative estimate of drug-likeness (QED) is 0.868. The molecule has 0 aliphatic carbocycles. The molecule has 1 heterocycles. The van der Waals surface area contributed by atoms with Gasteiger partial charge in [-0.15, -0.1) is 12.4 Å². The molecule has 20 heavy (non-hydrogen) atoms. The van der Waals surface area contributed by atoms with Crippen LogP contribution in [0, 0.1) is 5.41 Å². The van der Waals surface area contributed by atoms with E-state index in [9.17, 15) is 8.42 Å². The Balaban J connectivity index is 0.00000200. The summed E-state index contributed by atoms with van der Waals surface area (Å²) in [5.74, 6) is 0.0565. The Morgan fingerprint density at radius 3 is 2.45 bits per heavy atom. The minimum atomic E-state index is -3.24. The molecule has 114 valence electrons. The van der Waals surface area contributed by atoms with Gasteiger partial charge in [0.25, 0.3) is 0 Å². The molecule has 1 aromatic rings. The Labute approximate surface area is 135 Å². The number of hydrogen-bond donors (Lipinski definition) is 1. The zero-order valence-electron chi connectivity index (χ0n) is 11.4. The van der Waals surface area contributed by atoms with Gasteiger partial charge in [0.15, 0.2) is 0 Å². The van der Waals surface area contributed by atoms with E-state index in [2.05, 4.69) is 15.9 Å². The summed E-state index contributed by atoms with van der Waals surface area (Å²) < 4.78 is 27.2. The maximum absolute atomic E-state index is 12.4. The SMILES string of the molecule is CC1(CN)CCN(S(=O)(=O)Cc2ccc(Br)cc2)C1.Cl. The molecule has 0 spiro atoms. The molecule has 2 rings (SSSR count). The van der Waals surface area contributed by atoms with Crippen LogP contribution >= 0.6 is 28.3 Å². The van der Waals surface area contributed by atoms with Crippen LogP contribution in [0.15, 0.2) is 28.7 Å². The van der Waals surface area contributed by atoms with Crippen molar-refractivity contribution in [1.82, 2.24) is 4.31 Å². The summed E-state index contributed by atoms with van der Waals surface area (Å²) in [6.07, 6.45) is 0.836. The zero-order chi connectivity index (χ0) is 14.1. The van der Waals surface area contributed by atoms with E-state index in [0.29, 0.717) is 19.6 Å². The molecule has 0 bridgehead atoms. The topological polar surface area (TPSA) is 63.4 Å². The van der Waals surface area contributed by atoms with E-state index >= 15 is 0 Å². The van der Waals surface area contributed by atoms with Crippen molar-refractivity contribution < 1.29 is 8.42 Å². The second-order valence-corrected chi connectivity index (χ2v) is 8.37. The molecule has 0 aromatic heterocycles. The molecule has 7 heteroatoms. The summed E-state index contributed by atoms with van der Waals surface area (Å²) in [4.78, 5) is 0. The lowest BCUT2D eigenvalue weighted by atomic mass is 9.90. The normalized spacial score (nSPS) is 23.6. The van der Waals surface area contributed by atoms with Gasteiger partial charge in [0.2, 0.25) is 10.0 Å². The molecule has 1 fully saturated rings. The smallest absolute Gasteiger partial charge is 0.218 e. The van der Waals surface area contributed by atoms with Gasteiger partial charge in [-0.3, -0.25) is 0 Å². The fraction of sp³-hybridized carbons (Fsp3) is 0.538. The van der Waals surface area contributed by atoms with Crippen LogP contribution < -0.4 is 5.73 Å². The molecule has 2 N–H and O–H groups in total. The molecule has 1 unspecified atom stereocenters. The molecular weight excluding hydrogens is 364 g/mol. The Morgan fingerprint density at radius 1 is 1.35 bits per heavy atom. The van der Waals surface area contributed by atoms with Gasteiger partial charge >= 0.3 is 0 Å². The molecule has 1 atom stereocenters. The molecule has 0 radical (unpaired) electrons. The van der Waals surface area contributed by atoms with Crippen molar-refractivity contribution in [3.05, 3.63) is 34.3 Å². The fourth-order valence-electron chi connectivity index (χ4n) is 2.27. The first-order valence-corrected chi connectivity index (χ1v) is 8.67. The number of nitrogens with zero attached hydrogens (tertiary/aromatic N) is 1. The fourth-order valence-corrected chi connectivity index (χ4v) is 4.20. The lowest BCUT2D eigenvalue weighted by Crippen LogP contribution is -2.35. The predicted octanol–water partition coefficient (Wildman–Crippen LogP) is 2.37. The lowest BCUT2D eigenvalue weighted by Gasteiger charge is -2.22. The van der Waals surface area contributed by atoms with Crippen molar-refractivity contribution in [3.8, 4) is 0 Å². The van der Waals surface area contributed by atoms with E-state index in [1.165, 1.54) is 0 Å². The number of halogens is 2. The summed E-state index contributed by atoms with van der Waals surface area (Å²) in [5.41, 5.74) is 6.45. The molecule has 1 saturated heterocycles. The maximum atomic E-state index is 12.4. The zero-order valence-corrected chi connectivity index (χ0v) is 14.6. The Bertz CT molecular complexity index is 550. The van der Waals surface area contributed by atoms with Gasteiger partial charge < -0.3 is 5.73 Å². The molecule has 0 saturated carbocycles. The Kier molecular flexibility index (Phi) is 6.04. The summed E-state index contributed by atoms with van der Waals surface area (Å²) in [5, 5.41) is 0. The van der Waals surface area contributed by atoms with Crippen molar-refractivity contribution >= 4 is 38.4 Å². The number of benzene rings is 1. The van der Waals surface area contributed by atoms with E-state index < -0.39 is 10.0 Å². The minimum absolute atomic E-state index is 0. The largest absolute Gasteiger partial charge is 0.330 e. The first-order chi connectivity index (χ1) is 8.85. The first-order valence-electron chi connectivity index (χ1n) is 6.27. The van der Waals surface area contributed by atoms with Gasteiger partial charge in [-0.25, -0.2) is 12.7 Å². The lowest BCUT2D eigenvalue weighted by molar-refractivity contribution is 0.349. The van der Waals surface area contributed by atoms with Gasteiger partial charge in [-0.2, -0.15) is 0 Å². The first kappa shape index (κ1) is 17.9. The van der Waals surface area contributed by atoms with Crippen molar-refractivity contribution in [2.75, 3.05) is 19.6 Å². The van der Waals surface area contributed by atoms with Crippen LogP contribution in [0.3, 0.4) is 0 Å². The van der Waals surface area contributed by atoms with Crippen LogP contribution in [0.2, 0.25) is 0 Å². The highest BCUT2D eigenvalue weighted by Crippen LogP contribution is 2.31. The monoisotopic (exact) mass is 382 g/mol. The Morgan fingerprint density at radius 2 is 1.95 bits per heavy atom. The highest BCUT2D eigenvalue weighted by Gasteiger charge is 2.38. The molecule has 4 nitrogen and oxygen atoms in total. The van der Waals surface area contributed by atoms with Crippen LogP contribution in [0.1, 0.15) is 18.9 Å². The number of hydrogen-bond acceptors (Lipinski definition) is 3. The van der Waals surface area contributed by atoms with E-state index in [-0.39, 0.29) is 23.6 Å². The van der Waals surface area contributed by atoms with E-state index in [4.69, 9.17) is 5.73 Å². The summed E-state index contributed by atoms with van der Waals surface area (Å²) >= 11 is 3.34. The third kappa shape index (κ3) is 4.18. The van der Waals surface area contributed by atoms with Crippen LogP contribution in [-0.2, 0) is 15.8 Å². The van der Waals surface area contributed by atoms with Gasteiger partial charge in [0.05, 0.1) is 5.75 Å². The van der Waals surface area contributed by atoms with E-state index in [1.54, 1.807) is 4.31 Å². The second-order valence-electron chi connectivity index (χ2n) is 5.48. The summed E-state index contributed by atoms with van der Waals surface area (Å²) in [6, 6.07) is 7.39. The van der Waals surface area contributed by atoms with Gasteiger partial charge in [-0.1, -0.05) is 35.0 Å². The molecule has 1 aromatic carbocycles. The van der Waals surface area contributed by atoms with Gasteiger partial charge in [0.1, 0.15) is 0 Å². The van der Waals surface area contributed by atoms with E-state index in [1.807, 2.05) is 31.2 Å². The number of rotatable bonds is 4. The van der Waals surface area contributed by atoms with Crippen LogP contribution in [0.5, 0.6) is 0 Å². The predicted molar refractivity (Wildman–Crippen MR) is 87.4 cm³/mol.